The minimum Gasteiger partial charge on any atom is -0.458 e. The molecule has 1 unspecified atom stereocenters. The summed E-state index contributed by atoms with van der Waals surface area (Å²) in [6.07, 6.45) is 1.12. The van der Waals surface area contributed by atoms with Crippen LogP contribution in [0.1, 0.15) is 13.8 Å². The molecule has 0 aromatic rings. The van der Waals surface area contributed by atoms with Crippen LogP contribution in [0.3, 0.4) is 0 Å². The van der Waals surface area contributed by atoms with Crippen molar-refractivity contribution in [1.82, 2.24) is 0 Å². The van der Waals surface area contributed by atoms with E-state index < -0.39 is 18.0 Å². The van der Waals surface area contributed by atoms with Crippen LogP contribution in [-0.2, 0) is 19.1 Å². The van der Waals surface area contributed by atoms with Crippen LogP contribution in [0.25, 0.3) is 0 Å². The van der Waals surface area contributed by atoms with E-state index >= 15 is 0 Å². The molecule has 4 nitrogen and oxygen atoms in total. The summed E-state index contributed by atoms with van der Waals surface area (Å²) in [4.78, 5) is 21.4. The maximum Gasteiger partial charge on any atom is 0.337 e. The molecular formula is C8H10O4. The Morgan fingerprint density at radius 3 is 2.83 bits per heavy atom. The first-order chi connectivity index (χ1) is 5.61. The minimum absolute atomic E-state index is 0.278. The smallest absolute Gasteiger partial charge is 0.337 e. The highest BCUT2D eigenvalue weighted by molar-refractivity contribution is 5.91. The van der Waals surface area contributed by atoms with Gasteiger partial charge < -0.3 is 9.47 Å². The predicted molar refractivity (Wildman–Crippen MR) is 40.3 cm³/mol. The van der Waals surface area contributed by atoms with Crippen molar-refractivity contribution in [3.8, 4) is 0 Å². The molecule has 0 aromatic heterocycles. The Hall–Kier alpha value is -1.32. The van der Waals surface area contributed by atoms with E-state index in [0.717, 1.165) is 0 Å². The average Bonchev–Trinajstić information content (AvgIpc) is 2.33. The van der Waals surface area contributed by atoms with Gasteiger partial charge in [0.15, 0.2) is 0 Å². The van der Waals surface area contributed by atoms with Crippen LogP contribution >= 0.6 is 0 Å². The van der Waals surface area contributed by atoms with Gasteiger partial charge in [0.2, 0.25) is 0 Å². The van der Waals surface area contributed by atoms with Gasteiger partial charge in [-0.25, -0.2) is 4.79 Å². The molecule has 1 aliphatic heterocycles. The molecule has 0 fully saturated rings. The Morgan fingerprint density at radius 1 is 1.75 bits per heavy atom. The monoisotopic (exact) mass is 170 g/mol. The quantitative estimate of drug-likeness (QED) is 0.563. The summed E-state index contributed by atoms with van der Waals surface area (Å²) in [5, 5.41) is 0. The van der Waals surface area contributed by atoms with E-state index in [2.05, 4.69) is 4.74 Å². The normalized spacial score (nSPS) is 18.2. The largest absolute Gasteiger partial charge is 0.458 e. The molecule has 0 spiro atoms. The number of ether oxygens (including phenoxy) is 2. The maximum atomic E-state index is 10.9. The lowest BCUT2D eigenvalue weighted by atomic mass is 10.2. The second-order valence-corrected chi connectivity index (χ2v) is 2.51. The molecule has 0 bridgehead atoms. The molecule has 0 radical (unpaired) electrons. The molecule has 0 saturated heterocycles. The van der Waals surface area contributed by atoms with Crippen molar-refractivity contribution >= 4 is 11.9 Å². The van der Waals surface area contributed by atoms with Crippen LogP contribution < -0.4 is 0 Å². The topological polar surface area (TPSA) is 52.6 Å². The summed E-state index contributed by atoms with van der Waals surface area (Å²) in [6.45, 7) is 3.22. The zero-order chi connectivity index (χ0) is 9.14. The fraction of sp³-hybridized carbons (Fsp3) is 0.500. The molecule has 1 atom stereocenters. The first-order valence-corrected chi connectivity index (χ1v) is 3.65. The molecule has 66 valence electrons. The molecule has 1 aliphatic rings. The fourth-order valence-electron chi connectivity index (χ4n) is 1.02. The zero-order valence-electron chi connectivity index (χ0n) is 6.99. The summed E-state index contributed by atoms with van der Waals surface area (Å²) in [5.74, 6) is -0.799. The molecule has 1 heterocycles. The first kappa shape index (κ1) is 8.77. The highest BCUT2D eigenvalue weighted by Crippen LogP contribution is 2.13. The van der Waals surface area contributed by atoms with E-state index in [1.165, 1.54) is 6.92 Å². The van der Waals surface area contributed by atoms with Gasteiger partial charge in [0.05, 0.1) is 5.57 Å². The van der Waals surface area contributed by atoms with Gasteiger partial charge in [-0.05, 0) is 13.0 Å². The lowest BCUT2D eigenvalue weighted by molar-refractivity contribution is -0.145. The molecule has 0 aromatic carbocycles. The number of carbonyl (C=O) groups is 2. The van der Waals surface area contributed by atoms with Gasteiger partial charge >= 0.3 is 11.9 Å². The number of hydrogen-bond donors (Lipinski definition) is 0. The highest BCUT2D eigenvalue weighted by Gasteiger charge is 2.24. The van der Waals surface area contributed by atoms with Crippen molar-refractivity contribution < 1.29 is 19.1 Å². The van der Waals surface area contributed by atoms with Gasteiger partial charge in [0.1, 0.15) is 12.7 Å². The standard InChI is InChI=1S/C8H10O4/c1-5(12-6(2)9)7-3-4-11-8(7)10/h3,5H,4H2,1-2H3. The third kappa shape index (κ3) is 1.84. The van der Waals surface area contributed by atoms with Gasteiger partial charge in [-0.15, -0.1) is 0 Å². The molecule has 4 heteroatoms. The SMILES string of the molecule is CC(=O)OC(C)C1=CCOC1=O. The van der Waals surface area contributed by atoms with E-state index in [4.69, 9.17) is 4.74 Å². The number of carbonyl (C=O) groups excluding carboxylic acids is 2. The lowest BCUT2D eigenvalue weighted by Crippen LogP contribution is -2.18. The van der Waals surface area contributed by atoms with Gasteiger partial charge in [-0.1, -0.05) is 0 Å². The van der Waals surface area contributed by atoms with Crippen LogP contribution in [0.15, 0.2) is 11.6 Å². The summed E-state index contributed by atoms with van der Waals surface area (Å²) in [5.41, 5.74) is 0.421. The van der Waals surface area contributed by atoms with Crippen molar-refractivity contribution in [2.24, 2.45) is 0 Å². The number of cyclic esters (lactones) is 1. The number of hydrogen-bond acceptors (Lipinski definition) is 4. The Balaban J connectivity index is 2.57. The van der Waals surface area contributed by atoms with E-state index in [0.29, 0.717) is 5.57 Å². The van der Waals surface area contributed by atoms with Crippen molar-refractivity contribution in [2.45, 2.75) is 20.0 Å². The Morgan fingerprint density at radius 2 is 2.42 bits per heavy atom. The molecule has 0 amide bonds. The van der Waals surface area contributed by atoms with Crippen molar-refractivity contribution in [3.05, 3.63) is 11.6 Å². The van der Waals surface area contributed by atoms with Crippen LogP contribution in [0, 0.1) is 0 Å². The molecule has 0 N–H and O–H groups in total. The van der Waals surface area contributed by atoms with Gasteiger partial charge in [-0.3, -0.25) is 4.79 Å². The number of esters is 2. The van der Waals surface area contributed by atoms with Gasteiger partial charge in [0.25, 0.3) is 0 Å². The summed E-state index contributed by atoms with van der Waals surface area (Å²) < 4.78 is 9.44. The first-order valence-electron chi connectivity index (χ1n) is 3.65. The minimum atomic E-state index is -0.502. The summed E-state index contributed by atoms with van der Waals surface area (Å²) in [7, 11) is 0. The Labute approximate surface area is 70.1 Å². The van der Waals surface area contributed by atoms with Crippen LogP contribution in [0.2, 0.25) is 0 Å². The van der Waals surface area contributed by atoms with Crippen LogP contribution in [0.4, 0.5) is 0 Å². The highest BCUT2D eigenvalue weighted by atomic mass is 16.6. The lowest BCUT2D eigenvalue weighted by Gasteiger charge is -2.09. The van der Waals surface area contributed by atoms with E-state index in [1.54, 1.807) is 13.0 Å². The third-order valence-electron chi connectivity index (χ3n) is 1.53. The van der Waals surface area contributed by atoms with Crippen molar-refractivity contribution in [3.63, 3.8) is 0 Å². The zero-order valence-corrected chi connectivity index (χ0v) is 6.99. The molecular weight excluding hydrogens is 160 g/mol. The number of rotatable bonds is 2. The Bertz CT molecular complexity index is 241. The summed E-state index contributed by atoms with van der Waals surface area (Å²) in [6, 6.07) is 0. The van der Waals surface area contributed by atoms with Crippen molar-refractivity contribution in [1.29, 1.82) is 0 Å². The molecule has 0 aliphatic carbocycles. The van der Waals surface area contributed by atoms with Crippen molar-refractivity contribution in [2.75, 3.05) is 6.61 Å². The maximum absolute atomic E-state index is 10.9. The van der Waals surface area contributed by atoms with Crippen LogP contribution in [0.5, 0.6) is 0 Å². The fourth-order valence-corrected chi connectivity index (χ4v) is 1.02. The second-order valence-electron chi connectivity index (χ2n) is 2.51. The average molecular weight is 170 g/mol. The predicted octanol–water partition coefficient (Wildman–Crippen LogP) is 0.421. The van der Waals surface area contributed by atoms with E-state index in [1.807, 2.05) is 0 Å². The van der Waals surface area contributed by atoms with Gasteiger partial charge in [0, 0.05) is 6.92 Å². The molecule has 0 saturated carbocycles. The third-order valence-corrected chi connectivity index (χ3v) is 1.53. The molecule has 1 rings (SSSR count). The van der Waals surface area contributed by atoms with Gasteiger partial charge in [-0.2, -0.15) is 0 Å². The summed E-state index contributed by atoms with van der Waals surface area (Å²) >= 11 is 0. The van der Waals surface area contributed by atoms with Crippen LogP contribution in [-0.4, -0.2) is 24.6 Å². The second kappa shape index (κ2) is 3.38. The van der Waals surface area contributed by atoms with E-state index in [9.17, 15) is 9.59 Å². The molecule has 12 heavy (non-hydrogen) atoms. The Kier molecular flexibility index (Phi) is 2.47. The van der Waals surface area contributed by atoms with E-state index in [-0.39, 0.29) is 6.61 Å².